The summed E-state index contributed by atoms with van der Waals surface area (Å²) in [5.41, 5.74) is -1.46. The zero-order valence-corrected chi connectivity index (χ0v) is 22.5. The molecule has 4 rings (SSSR count). The Labute approximate surface area is 219 Å². The van der Waals surface area contributed by atoms with Crippen LogP contribution in [-0.4, -0.2) is 51.5 Å². The molecule has 37 heavy (non-hydrogen) atoms. The van der Waals surface area contributed by atoms with Crippen LogP contribution in [0.3, 0.4) is 0 Å². The van der Waals surface area contributed by atoms with Gasteiger partial charge in [-0.1, -0.05) is 11.6 Å². The Morgan fingerprint density at radius 1 is 1.11 bits per heavy atom. The third kappa shape index (κ3) is 5.40. The molecule has 2 aromatic rings. The van der Waals surface area contributed by atoms with Gasteiger partial charge in [0.25, 0.3) is 5.91 Å². The van der Waals surface area contributed by atoms with Gasteiger partial charge in [-0.2, -0.15) is 0 Å². The molecule has 3 N–H and O–H groups in total. The highest BCUT2D eigenvalue weighted by molar-refractivity contribution is 7.92. The average molecular weight is 577 g/mol. The van der Waals surface area contributed by atoms with Crippen molar-refractivity contribution in [3.05, 3.63) is 58.1 Å². The Hall–Kier alpha value is -2.12. The van der Waals surface area contributed by atoms with E-state index in [1.165, 1.54) is 25.1 Å². The molecule has 8 nitrogen and oxygen atoms in total. The van der Waals surface area contributed by atoms with E-state index in [4.69, 9.17) is 11.6 Å². The molecule has 0 spiro atoms. The van der Waals surface area contributed by atoms with Crippen LogP contribution in [0.5, 0.6) is 0 Å². The van der Waals surface area contributed by atoms with Crippen LogP contribution >= 0.6 is 11.6 Å². The smallest absolute Gasteiger partial charge is 0.255 e. The number of rotatable bonds is 7. The van der Waals surface area contributed by atoms with Gasteiger partial charge in [0.05, 0.1) is 27.0 Å². The first-order chi connectivity index (χ1) is 17.1. The number of sulfonamides is 1. The predicted molar refractivity (Wildman–Crippen MR) is 135 cm³/mol. The fraction of sp³-hybridized carbons (Fsp3) is 0.458. The van der Waals surface area contributed by atoms with Crippen LogP contribution in [0.4, 0.5) is 14.5 Å². The number of nitrogens with one attached hydrogen (secondary N) is 2. The molecule has 2 saturated carbocycles. The van der Waals surface area contributed by atoms with Gasteiger partial charge >= 0.3 is 0 Å². The van der Waals surface area contributed by atoms with Gasteiger partial charge in [0.1, 0.15) is 0 Å². The van der Waals surface area contributed by atoms with Crippen LogP contribution in [0, 0.1) is 30.4 Å². The molecule has 202 valence electrons. The van der Waals surface area contributed by atoms with Crippen LogP contribution < -0.4 is 10.0 Å². The minimum absolute atomic E-state index is 0.0362. The summed E-state index contributed by atoms with van der Waals surface area (Å²) < 4.78 is 80.0. The number of aliphatic hydroxyl groups is 1. The third-order valence-electron chi connectivity index (χ3n) is 7.52. The molecule has 2 fully saturated rings. The summed E-state index contributed by atoms with van der Waals surface area (Å²) in [5.74, 6) is -3.75. The van der Waals surface area contributed by atoms with E-state index < -0.39 is 60.1 Å². The topological polar surface area (TPSA) is 130 Å². The van der Waals surface area contributed by atoms with E-state index in [9.17, 15) is 35.5 Å². The second kappa shape index (κ2) is 9.88. The molecule has 13 heteroatoms. The maximum absolute atomic E-state index is 13.9. The zero-order valence-electron chi connectivity index (χ0n) is 20.1. The lowest BCUT2D eigenvalue weighted by atomic mass is 9.74. The van der Waals surface area contributed by atoms with Crippen molar-refractivity contribution in [1.82, 2.24) is 4.72 Å². The number of halogens is 3. The maximum atomic E-state index is 13.9. The highest BCUT2D eigenvalue weighted by Crippen LogP contribution is 2.52. The van der Waals surface area contributed by atoms with Crippen LogP contribution in [0.1, 0.15) is 41.6 Å². The molecule has 0 radical (unpaired) electrons. The zero-order chi connectivity index (χ0) is 27.3. The van der Waals surface area contributed by atoms with Crippen LogP contribution in [0.25, 0.3) is 0 Å². The molecule has 2 aliphatic carbocycles. The molecule has 2 atom stereocenters. The molecular weight excluding hydrogens is 550 g/mol. The number of hydrogen-bond acceptors (Lipinski definition) is 6. The number of amides is 1. The molecule has 2 aromatic carbocycles. The van der Waals surface area contributed by atoms with Gasteiger partial charge in [-0.3, -0.25) is 4.79 Å². The molecule has 1 amide bonds. The van der Waals surface area contributed by atoms with E-state index in [1.54, 1.807) is 0 Å². The molecular formula is C24H27ClF2N2O6S2. The Balaban J connectivity index is 1.57. The number of benzene rings is 2. The third-order valence-corrected chi connectivity index (χ3v) is 10.8. The molecule has 0 aromatic heterocycles. The highest BCUT2D eigenvalue weighted by atomic mass is 35.5. The van der Waals surface area contributed by atoms with Crippen LogP contribution in [-0.2, 0) is 19.9 Å². The normalized spacial score (nSPS) is 25.7. The second-order valence-corrected chi connectivity index (χ2v) is 14.3. The minimum Gasteiger partial charge on any atom is -0.388 e. The number of hydrogen-bond donors (Lipinski definition) is 3. The van der Waals surface area contributed by atoms with Gasteiger partial charge in [0, 0.05) is 23.4 Å². The van der Waals surface area contributed by atoms with Gasteiger partial charge in [0.15, 0.2) is 21.5 Å². The SMILES string of the molecule is Cc1c(NC(=O)c2ccc(Cl)c(S(=O)(=O)[C@H]3CC4CCC(C3)[C@]4(O)CNS(C)(=O)=O)c2)ccc(F)c1F. The van der Waals surface area contributed by atoms with Gasteiger partial charge in [0.2, 0.25) is 10.0 Å². The van der Waals surface area contributed by atoms with Gasteiger partial charge in [-0.05, 0) is 74.8 Å². The lowest BCUT2D eigenvalue weighted by Crippen LogP contribution is -2.54. The van der Waals surface area contributed by atoms with Crippen LogP contribution in [0.2, 0.25) is 5.02 Å². The van der Waals surface area contributed by atoms with Crippen molar-refractivity contribution in [2.75, 3.05) is 18.1 Å². The minimum atomic E-state index is -4.03. The molecule has 0 aliphatic heterocycles. The van der Waals surface area contributed by atoms with Gasteiger partial charge in [-0.25, -0.2) is 30.3 Å². The van der Waals surface area contributed by atoms with Crippen molar-refractivity contribution in [3.8, 4) is 0 Å². The monoisotopic (exact) mass is 576 g/mol. The molecule has 2 bridgehead atoms. The summed E-state index contributed by atoms with van der Waals surface area (Å²) >= 11 is 6.24. The van der Waals surface area contributed by atoms with Crippen LogP contribution in [0.15, 0.2) is 35.2 Å². The predicted octanol–water partition coefficient (Wildman–Crippen LogP) is 3.42. The van der Waals surface area contributed by atoms with E-state index in [-0.39, 0.29) is 46.1 Å². The van der Waals surface area contributed by atoms with E-state index in [1.807, 2.05) is 0 Å². The largest absolute Gasteiger partial charge is 0.388 e. The fourth-order valence-corrected chi connectivity index (χ4v) is 8.32. The van der Waals surface area contributed by atoms with Crippen molar-refractivity contribution < 1.29 is 35.5 Å². The van der Waals surface area contributed by atoms with Crippen molar-refractivity contribution in [2.24, 2.45) is 11.8 Å². The number of carbonyl (C=O) groups excluding carboxylic acids is 1. The summed E-state index contributed by atoms with van der Waals surface area (Å²) in [5, 5.41) is 12.7. The van der Waals surface area contributed by atoms with Crippen molar-refractivity contribution >= 4 is 43.1 Å². The summed E-state index contributed by atoms with van der Waals surface area (Å²) in [7, 11) is -7.57. The second-order valence-electron chi connectivity index (χ2n) is 9.83. The number of anilines is 1. The first-order valence-electron chi connectivity index (χ1n) is 11.6. The molecule has 0 saturated heterocycles. The van der Waals surface area contributed by atoms with Crippen molar-refractivity contribution in [2.45, 2.75) is 48.4 Å². The number of fused-ring (bicyclic) bond motifs is 2. The Kier molecular flexibility index (Phi) is 7.45. The first kappa shape index (κ1) is 27.9. The lowest BCUT2D eigenvalue weighted by molar-refractivity contribution is -0.0525. The number of sulfone groups is 1. The van der Waals surface area contributed by atoms with Gasteiger partial charge in [-0.15, -0.1) is 0 Å². The van der Waals surface area contributed by atoms with E-state index in [0.29, 0.717) is 12.8 Å². The van der Waals surface area contributed by atoms with Crippen molar-refractivity contribution in [1.29, 1.82) is 0 Å². The van der Waals surface area contributed by atoms with Gasteiger partial charge < -0.3 is 10.4 Å². The summed E-state index contributed by atoms with van der Waals surface area (Å²) in [6, 6.07) is 5.84. The first-order valence-corrected chi connectivity index (χ1v) is 15.4. The lowest BCUT2D eigenvalue weighted by Gasteiger charge is -2.42. The summed E-state index contributed by atoms with van der Waals surface area (Å²) in [6.07, 6.45) is 2.33. The van der Waals surface area contributed by atoms with Crippen molar-refractivity contribution in [3.63, 3.8) is 0 Å². The quantitative estimate of drug-likeness (QED) is 0.463. The molecule has 0 heterocycles. The summed E-state index contributed by atoms with van der Waals surface area (Å²) in [6.45, 7) is 1.11. The average Bonchev–Trinajstić information content (AvgIpc) is 2.98. The van der Waals surface area contributed by atoms with E-state index in [2.05, 4.69) is 10.0 Å². The summed E-state index contributed by atoms with van der Waals surface area (Å²) in [4.78, 5) is 12.6. The Morgan fingerprint density at radius 3 is 2.32 bits per heavy atom. The maximum Gasteiger partial charge on any atom is 0.255 e. The van der Waals surface area contributed by atoms with E-state index in [0.717, 1.165) is 18.4 Å². The fourth-order valence-electron chi connectivity index (χ4n) is 5.42. The molecule has 2 unspecified atom stereocenters. The Bertz CT molecular complexity index is 1450. The Morgan fingerprint density at radius 2 is 1.73 bits per heavy atom. The van der Waals surface area contributed by atoms with E-state index >= 15 is 0 Å². The number of carbonyl (C=O) groups is 1. The highest BCUT2D eigenvalue weighted by Gasteiger charge is 2.55. The standard InChI is InChI=1S/C24H27ClF2N2O6S2/c1-13-20(8-7-19(26)22(13)27)29-23(30)14-3-6-18(25)21(9-14)37(34,35)17-10-15-4-5-16(11-17)24(15,31)12-28-36(2,32)33/h3,6-9,15-17,28,31H,4-5,10-12H2,1-2H3,(H,29,30)/t15?,16?,17-,24-. The molecule has 2 aliphatic rings.